The number of benzene rings is 1. The summed E-state index contributed by atoms with van der Waals surface area (Å²) in [6.07, 6.45) is 7.67. The molecule has 0 heterocycles. The van der Waals surface area contributed by atoms with Crippen molar-refractivity contribution in [2.75, 3.05) is 6.61 Å². The number of ether oxygens (including phenoxy) is 2. The Morgan fingerprint density at radius 1 is 1.20 bits per heavy atom. The van der Waals surface area contributed by atoms with E-state index in [2.05, 4.69) is 0 Å². The molecule has 1 aromatic carbocycles. The predicted octanol–water partition coefficient (Wildman–Crippen LogP) is 3.51. The van der Waals surface area contributed by atoms with Gasteiger partial charge in [-0.1, -0.05) is 25.3 Å². The first-order chi connectivity index (χ1) is 9.74. The Morgan fingerprint density at radius 3 is 2.65 bits per heavy atom. The summed E-state index contributed by atoms with van der Waals surface area (Å²) in [7, 11) is 0. The monoisotopic (exact) mass is 275 g/mol. The number of rotatable bonds is 4. The molecular weight excluding hydrogens is 250 g/mol. The quantitative estimate of drug-likeness (QED) is 0.914. The minimum atomic E-state index is 0.236. The van der Waals surface area contributed by atoms with E-state index in [4.69, 9.17) is 15.2 Å². The first-order valence-electron chi connectivity index (χ1n) is 7.90. The van der Waals surface area contributed by atoms with Crippen molar-refractivity contribution in [2.45, 2.75) is 57.6 Å². The van der Waals surface area contributed by atoms with Crippen LogP contribution in [-0.4, -0.2) is 18.8 Å². The molecule has 2 unspecified atom stereocenters. The predicted molar refractivity (Wildman–Crippen MR) is 80.1 cm³/mol. The highest BCUT2D eigenvalue weighted by atomic mass is 16.5. The van der Waals surface area contributed by atoms with Gasteiger partial charge < -0.3 is 15.2 Å². The van der Waals surface area contributed by atoms with Crippen molar-refractivity contribution in [2.24, 2.45) is 11.1 Å². The average molecular weight is 275 g/mol. The second kappa shape index (κ2) is 5.65. The zero-order valence-electron chi connectivity index (χ0n) is 12.3. The summed E-state index contributed by atoms with van der Waals surface area (Å²) in [5.41, 5.74) is 6.54. The van der Waals surface area contributed by atoms with Crippen molar-refractivity contribution < 1.29 is 9.47 Å². The van der Waals surface area contributed by atoms with Crippen molar-refractivity contribution in [1.82, 2.24) is 0 Å². The zero-order chi connectivity index (χ0) is 14.0. The van der Waals surface area contributed by atoms with Gasteiger partial charge in [0.05, 0.1) is 6.61 Å². The fraction of sp³-hybridized carbons (Fsp3) is 0.647. The SMILES string of the molecule is CCOc1cccc(OC2CC(N)C23CCCCC3)c1. The van der Waals surface area contributed by atoms with Crippen LogP contribution >= 0.6 is 0 Å². The Balaban J connectivity index is 1.69. The minimum absolute atomic E-state index is 0.236. The molecule has 2 aliphatic carbocycles. The number of hydrogen-bond donors (Lipinski definition) is 1. The van der Waals surface area contributed by atoms with E-state index in [1.165, 1.54) is 32.1 Å². The maximum atomic E-state index is 6.31. The molecule has 3 heteroatoms. The van der Waals surface area contributed by atoms with Crippen LogP contribution in [0.25, 0.3) is 0 Å². The summed E-state index contributed by atoms with van der Waals surface area (Å²) in [4.78, 5) is 0. The van der Waals surface area contributed by atoms with E-state index in [1.807, 2.05) is 31.2 Å². The van der Waals surface area contributed by atoms with Crippen molar-refractivity contribution in [1.29, 1.82) is 0 Å². The molecule has 1 spiro atoms. The van der Waals surface area contributed by atoms with Gasteiger partial charge in [0.1, 0.15) is 17.6 Å². The largest absolute Gasteiger partial charge is 0.494 e. The summed E-state index contributed by atoms with van der Waals surface area (Å²) in [5.74, 6) is 1.80. The van der Waals surface area contributed by atoms with E-state index in [1.54, 1.807) is 0 Å². The number of nitrogens with two attached hydrogens (primary N) is 1. The Hall–Kier alpha value is -1.22. The summed E-state index contributed by atoms with van der Waals surface area (Å²) >= 11 is 0. The van der Waals surface area contributed by atoms with Gasteiger partial charge in [0, 0.05) is 23.9 Å². The molecule has 2 N–H and O–H groups in total. The van der Waals surface area contributed by atoms with Crippen LogP contribution in [0.1, 0.15) is 45.4 Å². The summed E-state index contributed by atoms with van der Waals surface area (Å²) in [6.45, 7) is 2.68. The third-order valence-electron chi connectivity index (χ3n) is 5.03. The smallest absolute Gasteiger partial charge is 0.123 e. The molecule has 2 aliphatic rings. The maximum absolute atomic E-state index is 6.31. The topological polar surface area (TPSA) is 44.5 Å². The van der Waals surface area contributed by atoms with E-state index >= 15 is 0 Å². The molecule has 0 aromatic heterocycles. The Bertz CT molecular complexity index is 454. The van der Waals surface area contributed by atoms with Crippen LogP contribution in [0.3, 0.4) is 0 Å². The van der Waals surface area contributed by atoms with Gasteiger partial charge in [-0.2, -0.15) is 0 Å². The molecule has 0 aliphatic heterocycles. The van der Waals surface area contributed by atoms with Gasteiger partial charge in [0.15, 0.2) is 0 Å². The van der Waals surface area contributed by atoms with E-state index in [0.717, 1.165) is 17.9 Å². The fourth-order valence-electron chi connectivity index (χ4n) is 3.81. The van der Waals surface area contributed by atoms with Crippen molar-refractivity contribution >= 4 is 0 Å². The lowest BCUT2D eigenvalue weighted by Crippen LogP contribution is -2.64. The third kappa shape index (κ3) is 2.39. The van der Waals surface area contributed by atoms with E-state index in [0.29, 0.717) is 12.6 Å². The highest BCUT2D eigenvalue weighted by Crippen LogP contribution is 2.52. The highest BCUT2D eigenvalue weighted by molar-refractivity contribution is 5.33. The molecule has 0 radical (unpaired) electrons. The molecule has 2 fully saturated rings. The second-order valence-electron chi connectivity index (χ2n) is 6.15. The van der Waals surface area contributed by atoms with Gasteiger partial charge in [0.25, 0.3) is 0 Å². The molecular formula is C17H25NO2. The van der Waals surface area contributed by atoms with Crippen molar-refractivity contribution in [3.05, 3.63) is 24.3 Å². The third-order valence-corrected chi connectivity index (χ3v) is 5.03. The normalized spacial score (nSPS) is 27.9. The van der Waals surface area contributed by atoms with Crippen LogP contribution in [0, 0.1) is 5.41 Å². The van der Waals surface area contributed by atoms with Crippen LogP contribution < -0.4 is 15.2 Å². The molecule has 110 valence electrons. The Morgan fingerprint density at radius 2 is 1.95 bits per heavy atom. The Labute approximate surface area is 121 Å². The van der Waals surface area contributed by atoms with Crippen molar-refractivity contribution in [3.63, 3.8) is 0 Å². The molecule has 2 atom stereocenters. The van der Waals surface area contributed by atoms with Crippen LogP contribution in [-0.2, 0) is 0 Å². The van der Waals surface area contributed by atoms with E-state index < -0.39 is 0 Å². The van der Waals surface area contributed by atoms with Gasteiger partial charge in [0.2, 0.25) is 0 Å². The molecule has 3 nitrogen and oxygen atoms in total. The van der Waals surface area contributed by atoms with Crippen LogP contribution in [0.15, 0.2) is 24.3 Å². The lowest BCUT2D eigenvalue weighted by Gasteiger charge is -2.56. The van der Waals surface area contributed by atoms with Gasteiger partial charge in [-0.3, -0.25) is 0 Å². The highest BCUT2D eigenvalue weighted by Gasteiger charge is 2.54. The van der Waals surface area contributed by atoms with Crippen LogP contribution in [0.2, 0.25) is 0 Å². The molecule has 20 heavy (non-hydrogen) atoms. The maximum Gasteiger partial charge on any atom is 0.123 e. The van der Waals surface area contributed by atoms with Gasteiger partial charge in [-0.25, -0.2) is 0 Å². The minimum Gasteiger partial charge on any atom is -0.494 e. The van der Waals surface area contributed by atoms with Crippen molar-refractivity contribution in [3.8, 4) is 11.5 Å². The molecule has 0 amide bonds. The molecule has 1 aromatic rings. The van der Waals surface area contributed by atoms with Gasteiger partial charge in [-0.15, -0.1) is 0 Å². The second-order valence-corrected chi connectivity index (χ2v) is 6.15. The average Bonchev–Trinajstić information content (AvgIpc) is 2.49. The lowest BCUT2D eigenvalue weighted by molar-refractivity contribution is -0.0898. The summed E-state index contributed by atoms with van der Waals surface area (Å²) < 4.78 is 11.8. The first-order valence-corrected chi connectivity index (χ1v) is 7.90. The molecule has 0 bridgehead atoms. The molecule has 0 saturated heterocycles. The fourth-order valence-corrected chi connectivity index (χ4v) is 3.81. The standard InChI is InChI=1S/C17H25NO2/c1-2-19-13-7-6-8-14(11-13)20-16-12-15(18)17(16)9-4-3-5-10-17/h6-8,11,15-16H,2-5,9-10,12,18H2,1H3. The summed E-state index contributed by atoms with van der Waals surface area (Å²) in [6, 6.07) is 8.29. The number of hydrogen-bond acceptors (Lipinski definition) is 3. The van der Waals surface area contributed by atoms with Gasteiger partial charge >= 0.3 is 0 Å². The Kier molecular flexibility index (Phi) is 3.88. The van der Waals surface area contributed by atoms with Crippen LogP contribution in [0.5, 0.6) is 11.5 Å². The molecule has 2 saturated carbocycles. The van der Waals surface area contributed by atoms with E-state index in [9.17, 15) is 0 Å². The summed E-state index contributed by atoms with van der Waals surface area (Å²) in [5, 5.41) is 0. The lowest BCUT2D eigenvalue weighted by atomic mass is 9.55. The van der Waals surface area contributed by atoms with E-state index in [-0.39, 0.29) is 11.5 Å². The van der Waals surface area contributed by atoms with Crippen LogP contribution in [0.4, 0.5) is 0 Å². The zero-order valence-corrected chi connectivity index (χ0v) is 12.3. The first kappa shape index (κ1) is 13.7. The van der Waals surface area contributed by atoms with Gasteiger partial charge in [-0.05, 0) is 31.9 Å². The molecule has 3 rings (SSSR count).